The summed E-state index contributed by atoms with van der Waals surface area (Å²) in [5, 5.41) is 3.10. The Morgan fingerprint density at radius 3 is 2.32 bits per heavy atom. The summed E-state index contributed by atoms with van der Waals surface area (Å²) in [6.45, 7) is 4.01. The van der Waals surface area contributed by atoms with Gasteiger partial charge in [-0.3, -0.25) is 14.5 Å². The van der Waals surface area contributed by atoms with Crippen molar-refractivity contribution in [3.63, 3.8) is 0 Å². The van der Waals surface area contributed by atoms with E-state index in [0.717, 1.165) is 31.2 Å². The summed E-state index contributed by atoms with van der Waals surface area (Å²) < 4.78 is 13.2. The Morgan fingerprint density at radius 1 is 1.20 bits per heavy atom. The number of hydrogen-bond acceptors (Lipinski definition) is 3. The van der Waals surface area contributed by atoms with Gasteiger partial charge in [-0.05, 0) is 50.3 Å². The van der Waals surface area contributed by atoms with Crippen molar-refractivity contribution in [2.24, 2.45) is 11.7 Å². The molecule has 0 saturated heterocycles. The molecular weight excluding hydrogens is 321 g/mol. The van der Waals surface area contributed by atoms with Gasteiger partial charge in [-0.2, -0.15) is 0 Å². The lowest BCUT2D eigenvalue weighted by Crippen LogP contribution is -2.46. The van der Waals surface area contributed by atoms with Gasteiger partial charge in [-0.1, -0.05) is 25.0 Å². The normalized spacial score (nSPS) is 16.4. The zero-order chi connectivity index (χ0) is 18.4. The highest BCUT2D eigenvalue weighted by atomic mass is 19.1. The molecule has 25 heavy (non-hydrogen) atoms. The van der Waals surface area contributed by atoms with Gasteiger partial charge in [0.15, 0.2) is 0 Å². The fourth-order valence-electron chi connectivity index (χ4n) is 3.46. The van der Waals surface area contributed by atoms with Crippen LogP contribution in [-0.4, -0.2) is 35.8 Å². The third-order valence-electron chi connectivity index (χ3n) is 4.85. The summed E-state index contributed by atoms with van der Waals surface area (Å²) in [6.07, 6.45) is 4.41. The molecule has 0 bridgehead atoms. The molecule has 1 aliphatic rings. The van der Waals surface area contributed by atoms with Gasteiger partial charge in [0.05, 0.1) is 19.1 Å². The van der Waals surface area contributed by atoms with E-state index in [0.29, 0.717) is 5.92 Å². The monoisotopic (exact) mass is 349 g/mol. The van der Waals surface area contributed by atoms with Crippen molar-refractivity contribution >= 4 is 11.8 Å². The maximum Gasteiger partial charge on any atom is 0.234 e. The Bertz CT molecular complexity index is 583. The minimum absolute atomic E-state index is 0.0361. The van der Waals surface area contributed by atoms with Crippen molar-refractivity contribution in [2.75, 3.05) is 13.1 Å². The van der Waals surface area contributed by atoms with E-state index < -0.39 is 5.91 Å². The van der Waals surface area contributed by atoms with Gasteiger partial charge < -0.3 is 11.1 Å². The Kier molecular flexibility index (Phi) is 6.93. The molecular formula is C19H28FN3O2. The Hall–Kier alpha value is -1.95. The van der Waals surface area contributed by atoms with E-state index in [9.17, 15) is 14.0 Å². The highest BCUT2D eigenvalue weighted by molar-refractivity contribution is 5.80. The SMILES string of the molecule is CC(C)N(CC(N)=O)CC(=O)NC(c1ccc(F)cc1)C1CCCC1. The van der Waals surface area contributed by atoms with E-state index >= 15 is 0 Å². The number of rotatable bonds is 8. The van der Waals surface area contributed by atoms with Crippen LogP contribution in [0.25, 0.3) is 0 Å². The third kappa shape index (κ3) is 5.81. The van der Waals surface area contributed by atoms with Gasteiger partial charge in [-0.25, -0.2) is 4.39 Å². The molecule has 1 aliphatic carbocycles. The molecule has 0 heterocycles. The molecule has 138 valence electrons. The zero-order valence-corrected chi connectivity index (χ0v) is 15.0. The van der Waals surface area contributed by atoms with Crippen LogP contribution in [0.4, 0.5) is 4.39 Å². The van der Waals surface area contributed by atoms with Crippen molar-refractivity contribution in [2.45, 2.75) is 51.6 Å². The van der Waals surface area contributed by atoms with Gasteiger partial charge in [0.25, 0.3) is 0 Å². The second kappa shape index (κ2) is 8.94. The molecule has 6 heteroatoms. The summed E-state index contributed by atoms with van der Waals surface area (Å²) in [5.41, 5.74) is 6.19. The first-order chi connectivity index (χ1) is 11.9. The van der Waals surface area contributed by atoms with Crippen LogP contribution in [0.15, 0.2) is 24.3 Å². The number of nitrogens with zero attached hydrogens (tertiary/aromatic N) is 1. The number of nitrogens with two attached hydrogens (primary N) is 1. The van der Waals surface area contributed by atoms with Crippen LogP contribution >= 0.6 is 0 Å². The average Bonchev–Trinajstić information content (AvgIpc) is 3.06. The van der Waals surface area contributed by atoms with Crippen LogP contribution in [0.2, 0.25) is 0 Å². The number of carbonyl (C=O) groups is 2. The van der Waals surface area contributed by atoms with E-state index in [4.69, 9.17) is 5.73 Å². The van der Waals surface area contributed by atoms with Crippen molar-refractivity contribution in [3.05, 3.63) is 35.6 Å². The molecule has 2 rings (SSSR count). The standard InChI is InChI=1S/C19H28FN3O2/c1-13(2)23(11-17(21)24)12-18(25)22-19(14-5-3-4-6-14)15-7-9-16(20)10-8-15/h7-10,13-14,19H,3-6,11-12H2,1-2H3,(H2,21,24)(H,22,25). The first kappa shape index (κ1) is 19.4. The van der Waals surface area contributed by atoms with E-state index in [1.807, 2.05) is 13.8 Å². The molecule has 1 aromatic carbocycles. The largest absolute Gasteiger partial charge is 0.369 e. The smallest absolute Gasteiger partial charge is 0.234 e. The number of carbonyl (C=O) groups excluding carboxylic acids is 2. The van der Waals surface area contributed by atoms with Crippen molar-refractivity contribution < 1.29 is 14.0 Å². The molecule has 1 aromatic rings. The average molecular weight is 349 g/mol. The lowest BCUT2D eigenvalue weighted by molar-refractivity contribution is -0.125. The molecule has 1 unspecified atom stereocenters. The number of nitrogens with one attached hydrogen (secondary N) is 1. The van der Waals surface area contributed by atoms with E-state index in [2.05, 4.69) is 5.32 Å². The van der Waals surface area contributed by atoms with Crippen LogP contribution in [0.5, 0.6) is 0 Å². The number of amides is 2. The zero-order valence-electron chi connectivity index (χ0n) is 15.0. The van der Waals surface area contributed by atoms with Crippen LogP contribution in [0.3, 0.4) is 0 Å². The van der Waals surface area contributed by atoms with Gasteiger partial charge in [0.1, 0.15) is 5.82 Å². The van der Waals surface area contributed by atoms with Crippen LogP contribution in [0, 0.1) is 11.7 Å². The fourth-order valence-corrected chi connectivity index (χ4v) is 3.46. The van der Waals surface area contributed by atoms with Crippen molar-refractivity contribution in [1.29, 1.82) is 0 Å². The van der Waals surface area contributed by atoms with Crippen molar-refractivity contribution in [1.82, 2.24) is 10.2 Å². The molecule has 5 nitrogen and oxygen atoms in total. The van der Waals surface area contributed by atoms with Crippen LogP contribution < -0.4 is 11.1 Å². The van der Waals surface area contributed by atoms with Gasteiger partial charge in [-0.15, -0.1) is 0 Å². The quantitative estimate of drug-likeness (QED) is 0.756. The summed E-state index contributed by atoms with van der Waals surface area (Å²) in [5.74, 6) is -0.519. The molecule has 2 amide bonds. The maximum absolute atomic E-state index is 13.2. The van der Waals surface area contributed by atoms with Gasteiger partial charge in [0, 0.05) is 6.04 Å². The lowest BCUT2D eigenvalue weighted by atomic mass is 9.91. The summed E-state index contributed by atoms with van der Waals surface area (Å²) >= 11 is 0. The van der Waals surface area contributed by atoms with Crippen molar-refractivity contribution in [3.8, 4) is 0 Å². The van der Waals surface area contributed by atoms with Gasteiger partial charge in [0.2, 0.25) is 11.8 Å². The van der Waals surface area contributed by atoms with Crippen LogP contribution in [-0.2, 0) is 9.59 Å². The second-order valence-electron chi connectivity index (χ2n) is 7.11. The molecule has 0 aliphatic heterocycles. The lowest BCUT2D eigenvalue weighted by Gasteiger charge is -2.28. The second-order valence-corrected chi connectivity index (χ2v) is 7.11. The fraction of sp³-hybridized carbons (Fsp3) is 0.579. The molecule has 1 fully saturated rings. The Labute approximate surface area is 148 Å². The number of hydrogen-bond donors (Lipinski definition) is 2. The Balaban J connectivity index is 2.08. The maximum atomic E-state index is 13.2. The Morgan fingerprint density at radius 2 is 1.80 bits per heavy atom. The minimum Gasteiger partial charge on any atom is -0.369 e. The molecule has 0 aromatic heterocycles. The molecule has 0 radical (unpaired) electrons. The van der Waals surface area contributed by atoms with E-state index in [1.54, 1.807) is 17.0 Å². The topological polar surface area (TPSA) is 75.4 Å². The van der Waals surface area contributed by atoms with Crippen LogP contribution in [0.1, 0.15) is 51.1 Å². The first-order valence-electron chi connectivity index (χ1n) is 8.94. The minimum atomic E-state index is -0.452. The highest BCUT2D eigenvalue weighted by Crippen LogP contribution is 2.35. The molecule has 3 N–H and O–H groups in total. The van der Waals surface area contributed by atoms with Gasteiger partial charge >= 0.3 is 0 Å². The predicted octanol–water partition coefficient (Wildman–Crippen LogP) is 2.37. The van der Waals surface area contributed by atoms with E-state index in [1.165, 1.54) is 12.1 Å². The van der Waals surface area contributed by atoms with E-state index in [-0.39, 0.29) is 36.9 Å². The number of halogens is 1. The predicted molar refractivity (Wildman–Crippen MR) is 95.1 cm³/mol. The summed E-state index contributed by atoms with van der Waals surface area (Å²) in [7, 11) is 0. The molecule has 0 spiro atoms. The first-order valence-corrected chi connectivity index (χ1v) is 8.94. The number of benzene rings is 1. The summed E-state index contributed by atoms with van der Waals surface area (Å²) in [6, 6.07) is 6.24. The third-order valence-corrected chi connectivity index (χ3v) is 4.85. The summed E-state index contributed by atoms with van der Waals surface area (Å²) in [4.78, 5) is 25.5. The number of primary amides is 1. The molecule has 1 saturated carbocycles. The molecule has 1 atom stereocenters. The highest BCUT2D eigenvalue weighted by Gasteiger charge is 2.28.